The van der Waals surface area contributed by atoms with E-state index in [0.717, 1.165) is 65.8 Å². The molecule has 0 bridgehead atoms. The van der Waals surface area contributed by atoms with E-state index in [0.29, 0.717) is 51.0 Å². The Hall–Kier alpha value is -4.53. The van der Waals surface area contributed by atoms with Crippen LogP contribution in [0.5, 0.6) is 0 Å². The molecule has 1 aromatic carbocycles. The fourth-order valence-corrected chi connectivity index (χ4v) is 7.07. The number of piperidine rings is 1. The Morgan fingerprint density at radius 1 is 0.942 bits per heavy atom. The average Bonchev–Trinajstić information content (AvgIpc) is 3.48. The fourth-order valence-electron chi connectivity index (χ4n) is 6.31. The molecule has 0 saturated carbocycles. The van der Waals surface area contributed by atoms with E-state index in [1.807, 2.05) is 51.1 Å². The summed E-state index contributed by atoms with van der Waals surface area (Å²) in [6, 6.07) is 14.8. The first-order valence-electron chi connectivity index (χ1n) is 18.2. The minimum absolute atomic E-state index is 0.168. The van der Waals surface area contributed by atoms with Crippen molar-refractivity contribution in [2.45, 2.75) is 77.7 Å². The number of carbonyl (C=O) groups is 2. The van der Waals surface area contributed by atoms with E-state index in [9.17, 15) is 9.59 Å². The number of benzene rings is 1. The van der Waals surface area contributed by atoms with Gasteiger partial charge in [0.05, 0.1) is 24.3 Å². The molecule has 0 aliphatic carbocycles. The number of carbonyl (C=O) groups excluding carboxylic acids is 2. The monoisotopic (exact) mass is 728 g/mol. The third kappa shape index (κ3) is 9.66. The van der Waals surface area contributed by atoms with Crippen molar-refractivity contribution in [1.82, 2.24) is 24.4 Å². The number of morpholine rings is 1. The lowest BCUT2D eigenvalue weighted by Gasteiger charge is -2.34. The smallest absolute Gasteiger partial charge is 0.410 e. The Morgan fingerprint density at radius 3 is 2.37 bits per heavy atom. The van der Waals surface area contributed by atoms with Crippen molar-refractivity contribution in [3.63, 3.8) is 0 Å². The number of nitrogens with zero attached hydrogens (tertiary/aromatic N) is 6. The van der Waals surface area contributed by atoms with Gasteiger partial charge in [0.1, 0.15) is 35.8 Å². The predicted octanol–water partition coefficient (Wildman–Crippen LogP) is 6.71. The highest BCUT2D eigenvalue weighted by molar-refractivity contribution is 6.76. The van der Waals surface area contributed by atoms with Crippen LogP contribution in [0.4, 0.5) is 22.0 Å². The number of fused-ring (bicyclic) bond motifs is 1. The number of aromatic nitrogens is 4. The van der Waals surface area contributed by atoms with Crippen molar-refractivity contribution in [3.8, 4) is 11.3 Å². The number of likely N-dealkylation sites (tertiary alicyclic amines) is 1. The number of pyridine rings is 1. The van der Waals surface area contributed by atoms with Gasteiger partial charge in [-0.2, -0.15) is 0 Å². The van der Waals surface area contributed by atoms with Gasteiger partial charge in [-0.05, 0) is 75.6 Å². The van der Waals surface area contributed by atoms with Gasteiger partial charge in [0, 0.05) is 64.5 Å². The zero-order valence-corrected chi connectivity index (χ0v) is 32.3. The minimum atomic E-state index is -1.25. The highest BCUT2D eigenvalue weighted by Crippen LogP contribution is 2.33. The van der Waals surface area contributed by atoms with E-state index in [1.54, 1.807) is 23.5 Å². The normalized spacial score (nSPS) is 15.9. The van der Waals surface area contributed by atoms with E-state index in [4.69, 9.17) is 19.2 Å². The maximum Gasteiger partial charge on any atom is 0.410 e. The van der Waals surface area contributed by atoms with Crippen LogP contribution in [0.2, 0.25) is 25.7 Å². The van der Waals surface area contributed by atoms with Gasteiger partial charge in [0.25, 0.3) is 5.91 Å². The number of nitrogens with one attached hydrogen (secondary N) is 2. The molecule has 4 aromatic rings. The van der Waals surface area contributed by atoms with Crippen molar-refractivity contribution in [3.05, 3.63) is 60.7 Å². The number of ether oxygens (including phenoxy) is 3. The van der Waals surface area contributed by atoms with Gasteiger partial charge in [-0.15, -0.1) is 0 Å². The maximum atomic E-state index is 13.3. The van der Waals surface area contributed by atoms with Gasteiger partial charge in [0.2, 0.25) is 0 Å². The molecule has 2 saturated heterocycles. The van der Waals surface area contributed by atoms with Crippen LogP contribution in [0.1, 0.15) is 44.1 Å². The first-order valence-corrected chi connectivity index (χ1v) is 21.9. The molecule has 52 heavy (non-hydrogen) atoms. The molecule has 2 N–H and O–H groups in total. The second-order valence-corrected chi connectivity index (χ2v) is 21.3. The van der Waals surface area contributed by atoms with Crippen molar-refractivity contribution < 1.29 is 23.8 Å². The van der Waals surface area contributed by atoms with Crippen molar-refractivity contribution in [1.29, 1.82) is 0 Å². The molecule has 0 radical (unpaired) electrons. The Bertz CT molecular complexity index is 1840. The molecule has 2 amide bonds. The molecule has 2 aliphatic heterocycles. The number of rotatable bonds is 11. The fraction of sp³-hybridized carbons (Fsp3) is 0.500. The van der Waals surface area contributed by atoms with Gasteiger partial charge in [-0.1, -0.05) is 31.8 Å². The van der Waals surface area contributed by atoms with Gasteiger partial charge in [-0.3, -0.25) is 9.78 Å². The summed E-state index contributed by atoms with van der Waals surface area (Å²) in [5.74, 6) is 0.598. The van der Waals surface area contributed by atoms with Crippen LogP contribution in [0.3, 0.4) is 0 Å². The van der Waals surface area contributed by atoms with Crippen molar-refractivity contribution in [2.75, 3.05) is 61.5 Å². The summed E-state index contributed by atoms with van der Waals surface area (Å²) in [7, 11) is -1.25. The van der Waals surface area contributed by atoms with Crippen molar-refractivity contribution in [2.24, 2.45) is 0 Å². The zero-order chi connectivity index (χ0) is 36.9. The number of anilines is 3. The number of amides is 2. The topological polar surface area (TPSA) is 136 Å². The molecule has 278 valence electrons. The number of hydrogen-bond acceptors (Lipinski definition) is 10. The molecule has 5 heterocycles. The van der Waals surface area contributed by atoms with Crippen LogP contribution in [0.15, 0.2) is 55.0 Å². The molecule has 0 spiro atoms. The molecule has 2 aliphatic rings. The Morgan fingerprint density at radius 2 is 1.67 bits per heavy atom. The van der Waals surface area contributed by atoms with Crippen LogP contribution in [0.25, 0.3) is 22.3 Å². The third-order valence-electron chi connectivity index (χ3n) is 9.15. The lowest BCUT2D eigenvalue weighted by Crippen LogP contribution is -2.44. The van der Waals surface area contributed by atoms with Crippen molar-refractivity contribution >= 4 is 48.3 Å². The lowest BCUT2D eigenvalue weighted by molar-refractivity contribution is 0.0210. The van der Waals surface area contributed by atoms with E-state index < -0.39 is 13.7 Å². The summed E-state index contributed by atoms with van der Waals surface area (Å²) in [5.41, 5.74) is 4.02. The van der Waals surface area contributed by atoms with E-state index in [2.05, 4.69) is 55.8 Å². The molecule has 3 aromatic heterocycles. The Labute approximate surface area is 307 Å². The summed E-state index contributed by atoms with van der Waals surface area (Å²) in [4.78, 5) is 43.5. The van der Waals surface area contributed by atoms with Crippen LogP contribution in [-0.2, 0) is 20.9 Å². The Kier molecular flexibility index (Phi) is 11.5. The summed E-state index contributed by atoms with van der Waals surface area (Å²) in [6.07, 6.45) is 4.54. The minimum Gasteiger partial charge on any atom is -0.444 e. The largest absolute Gasteiger partial charge is 0.444 e. The van der Waals surface area contributed by atoms with Gasteiger partial charge >= 0.3 is 6.09 Å². The van der Waals surface area contributed by atoms with E-state index in [-0.39, 0.29) is 18.0 Å². The van der Waals surface area contributed by atoms with Crippen LogP contribution in [-0.4, -0.2) is 102 Å². The highest BCUT2D eigenvalue weighted by atomic mass is 28.3. The average molecular weight is 729 g/mol. The molecule has 13 nitrogen and oxygen atoms in total. The standard InChI is InChI=1S/C38H52N8O5Si/c1-38(2,3)51-37(48)45-15-12-29(13-16-45)42-30-11-14-39-32(23-30)36(47)43-28-9-7-27(8-10-28)33-24-31-34(44-17-19-49-20-18-44)40-25-41-35(31)46(33)26-50-21-22-52(4,5)6/h7-11,14,23-25,29H,12-13,15-22,26H2,1-6H3,(H,39,42)(H,43,47). The summed E-state index contributed by atoms with van der Waals surface area (Å²) in [6.45, 7) is 17.8. The third-order valence-corrected chi connectivity index (χ3v) is 10.8. The highest BCUT2D eigenvalue weighted by Gasteiger charge is 2.27. The quantitative estimate of drug-likeness (QED) is 0.127. The molecule has 2 fully saturated rings. The summed E-state index contributed by atoms with van der Waals surface area (Å²) in [5, 5.41) is 7.48. The summed E-state index contributed by atoms with van der Waals surface area (Å²) >= 11 is 0. The first-order chi connectivity index (χ1) is 24.8. The first kappa shape index (κ1) is 37.2. The van der Waals surface area contributed by atoms with Crippen LogP contribution in [0, 0.1) is 0 Å². The van der Waals surface area contributed by atoms with Crippen LogP contribution >= 0.6 is 0 Å². The molecular formula is C38H52N8O5Si. The predicted molar refractivity (Wildman–Crippen MR) is 207 cm³/mol. The molecule has 0 atom stereocenters. The Balaban J connectivity index is 1.13. The second kappa shape index (κ2) is 16.0. The van der Waals surface area contributed by atoms with Crippen LogP contribution < -0.4 is 15.5 Å². The van der Waals surface area contributed by atoms with Gasteiger partial charge in [0.15, 0.2) is 0 Å². The SMILES string of the molecule is CC(C)(C)OC(=O)N1CCC(Nc2ccnc(C(=O)Nc3ccc(-c4cc5c(N6CCOCC6)ncnc5n4COCC[Si](C)(C)C)cc3)c2)CC1. The zero-order valence-electron chi connectivity index (χ0n) is 31.3. The molecule has 6 rings (SSSR count). The summed E-state index contributed by atoms with van der Waals surface area (Å²) < 4.78 is 19.5. The van der Waals surface area contributed by atoms with E-state index in [1.165, 1.54) is 0 Å². The van der Waals surface area contributed by atoms with Gasteiger partial charge < -0.3 is 39.2 Å². The number of hydrogen-bond donors (Lipinski definition) is 2. The van der Waals surface area contributed by atoms with E-state index >= 15 is 0 Å². The molecule has 14 heteroatoms. The second-order valence-electron chi connectivity index (χ2n) is 15.7. The van der Waals surface area contributed by atoms with Gasteiger partial charge in [-0.25, -0.2) is 14.8 Å². The molecular weight excluding hydrogens is 677 g/mol. The maximum absolute atomic E-state index is 13.3. The molecule has 0 unspecified atom stereocenters. The lowest BCUT2D eigenvalue weighted by atomic mass is 10.0.